The molecule has 1 aliphatic carbocycles. The lowest BCUT2D eigenvalue weighted by molar-refractivity contribution is -0.146. The molecule has 0 bridgehead atoms. The second-order valence-electron chi connectivity index (χ2n) is 5.12. The maximum Gasteiger partial charge on any atom is 0.308 e. The molecule has 1 saturated carbocycles. The number of hydrogen-bond donors (Lipinski definition) is 0. The van der Waals surface area contributed by atoms with Gasteiger partial charge in [0.05, 0.1) is 13.0 Å². The Hall–Kier alpha value is -1.58. The van der Waals surface area contributed by atoms with E-state index < -0.39 is 0 Å². The van der Waals surface area contributed by atoms with Crippen molar-refractivity contribution in [1.29, 1.82) is 0 Å². The molecule has 0 aliphatic heterocycles. The first-order chi connectivity index (χ1) is 9.11. The molecule has 0 amide bonds. The predicted octanol–water partition coefficient (Wildman–Crippen LogP) is 2.99. The Bertz CT molecular complexity index is 424. The molecule has 0 aromatic heterocycles. The van der Waals surface area contributed by atoms with Crippen molar-refractivity contribution in [1.82, 2.24) is 0 Å². The number of halogens is 1. The number of carbonyl (C=O) groups excluding carboxylic acids is 1. The van der Waals surface area contributed by atoms with Crippen molar-refractivity contribution >= 4 is 11.7 Å². The van der Waals surface area contributed by atoms with Crippen LogP contribution in [-0.2, 0) is 9.53 Å². The standard InChI is InChI=1S/C15H20FNO2/c1-17(14-9-5-12(16)6-10-14)13-7-3-11(4-8-13)15(18)19-2/h5-6,9-11,13H,3-4,7-8H2,1-2H3. The van der Waals surface area contributed by atoms with Crippen molar-refractivity contribution in [3.05, 3.63) is 30.1 Å². The van der Waals surface area contributed by atoms with Gasteiger partial charge in [-0.25, -0.2) is 4.39 Å². The minimum atomic E-state index is -0.216. The van der Waals surface area contributed by atoms with Crippen LogP contribution in [0.3, 0.4) is 0 Å². The average molecular weight is 265 g/mol. The molecule has 0 heterocycles. The first kappa shape index (κ1) is 13.8. The first-order valence-electron chi connectivity index (χ1n) is 6.68. The van der Waals surface area contributed by atoms with Gasteiger partial charge in [0.2, 0.25) is 0 Å². The van der Waals surface area contributed by atoms with Crippen LogP contribution in [0, 0.1) is 11.7 Å². The van der Waals surface area contributed by atoms with Crippen molar-refractivity contribution < 1.29 is 13.9 Å². The third-order valence-corrected chi connectivity index (χ3v) is 4.01. The van der Waals surface area contributed by atoms with Gasteiger partial charge in [-0.05, 0) is 49.9 Å². The number of benzene rings is 1. The summed E-state index contributed by atoms with van der Waals surface area (Å²) in [7, 11) is 3.47. The lowest BCUT2D eigenvalue weighted by atomic mass is 9.85. The Morgan fingerprint density at radius 1 is 1.21 bits per heavy atom. The highest BCUT2D eigenvalue weighted by molar-refractivity contribution is 5.72. The second-order valence-corrected chi connectivity index (χ2v) is 5.12. The van der Waals surface area contributed by atoms with Crippen LogP contribution in [0.2, 0.25) is 0 Å². The summed E-state index contributed by atoms with van der Waals surface area (Å²) in [5, 5.41) is 0. The van der Waals surface area contributed by atoms with E-state index in [1.54, 1.807) is 12.1 Å². The fourth-order valence-electron chi connectivity index (χ4n) is 2.75. The molecule has 104 valence electrons. The third kappa shape index (κ3) is 3.25. The van der Waals surface area contributed by atoms with E-state index in [4.69, 9.17) is 4.74 Å². The number of hydrogen-bond acceptors (Lipinski definition) is 3. The molecule has 1 aliphatic rings. The second kappa shape index (κ2) is 6.04. The van der Waals surface area contributed by atoms with Gasteiger partial charge in [0.1, 0.15) is 5.82 Å². The molecule has 0 N–H and O–H groups in total. The van der Waals surface area contributed by atoms with Crippen molar-refractivity contribution in [2.45, 2.75) is 31.7 Å². The van der Waals surface area contributed by atoms with E-state index in [1.165, 1.54) is 19.2 Å². The summed E-state index contributed by atoms with van der Waals surface area (Å²) in [5.74, 6) is -0.266. The molecule has 1 aromatic rings. The van der Waals surface area contributed by atoms with E-state index in [1.807, 2.05) is 7.05 Å². The van der Waals surface area contributed by atoms with Crippen LogP contribution in [0.15, 0.2) is 24.3 Å². The number of methoxy groups -OCH3 is 1. The number of anilines is 1. The van der Waals surface area contributed by atoms with Crippen LogP contribution >= 0.6 is 0 Å². The summed E-state index contributed by atoms with van der Waals surface area (Å²) < 4.78 is 17.7. The van der Waals surface area contributed by atoms with Crippen molar-refractivity contribution in [2.24, 2.45) is 5.92 Å². The minimum Gasteiger partial charge on any atom is -0.469 e. The molecular weight excluding hydrogens is 245 g/mol. The largest absolute Gasteiger partial charge is 0.469 e. The zero-order chi connectivity index (χ0) is 13.8. The van der Waals surface area contributed by atoms with E-state index >= 15 is 0 Å². The van der Waals surface area contributed by atoms with Crippen LogP contribution in [0.1, 0.15) is 25.7 Å². The predicted molar refractivity (Wildman–Crippen MR) is 72.6 cm³/mol. The highest BCUT2D eigenvalue weighted by atomic mass is 19.1. The first-order valence-corrected chi connectivity index (χ1v) is 6.68. The van der Waals surface area contributed by atoms with Gasteiger partial charge in [-0.2, -0.15) is 0 Å². The summed E-state index contributed by atoms with van der Waals surface area (Å²) in [6.07, 6.45) is 3.66. The summed E-state index contributed by atoms with van der Waals surface area (Å²) in [6.45, 7) is 0. The Labute approximate surface area is 113 Å². The molecule has 0 unspecified atom stereocenters. The SMILES string of the molecule is COC(=O)C1CCC(N(C)c2ccc(F)cc2)CC1. The Morgan fingerprint density at radius 3 is 2.32 bits per heavy atom. The number of esters is 1. The molecule has 1 aromatic carbocycles. The van der Waals surface area contributed by atoms with Crippen LogP contribution in [-0.4, -0.2) is 26.2 Å². The smallest absolute Gasteiger partial charge is 0.308 e. The van der Waals surface area contributed by atoms with Gasteiger partial charge in [-0.15, -0.1) is 0 Å². The molecule has 19 heavy (non-hydrogen) atoms. The van der Waals surface area contributed by atoms with E-state index in [2.05, 4.69) is 4.90 Å². The number of rotatable bonds is 3. The van der Waals surface area contributed by atoms with Gasteiger partial charge in [0.15, 0.2) is 0 Å². The lowest BCUT2D eigenvalue weighted by Gasteiger charge is -2.35. The molecule has 4 heteroatoms. The summed E-state index contributed by atoms with van der Waals surface area (Å²) in [4.78, 5) is 13.6. The number of carbonyl (C=O) groups is 1. The zero-order valence-corrected chi connectivity index (χ0v) is 11.4. The Balaban J connectivity index is 1.94. The maximum atomic E-state index is 12.9. The monoisotopic (exact) mass is 265 g/mol. The fourth-order valence-corrected chi connectivity index (χ4v) is 2.75. The lowest BCUT2D eigenvalue weighted by Crippen LogP contribution is -2.36. The Morgan fingerprint density at radius 2 is 1.79 bits per heavy atom. The van der Waals surface area contributed by atoms with Gasteiger partial charge in [0, 0.05) is 18.8 Å². The minimum absolute atomic E-state index is 0.0443. The number of ether oxygens (including phenoxy) is 1. The summed E-state index contributed by atoms with van der Waals surface area (Å²) in [6, 6.07) is 6.95. The average Bonchev–Trinajstić information content (AvgIpc) is 2.46. The van der Waals surface area contributed by atoms with Gasteiger partial charge < -0.3 is 9.64 Å². The quantitative estimate of drug-likeness (QED) is 0.787. The van der Waals surface area contributed by atoms with E-state index in [-0.39, 0.29) is 17.7 Å². The molecule has 1 fully saturated rings. The van der Waals surface area contributed by atoms with Crippen LogP contribution in [0.5, 0.6) is 0 Å². The zero-order valence-electron chi connectivity index (χ0n) is 11.4. The molecule has 0 radical (unpaired) electrons. The van der Waals surface area contributed by atoms with Crippen molar-refractivity contribution in [3.8, 4) is 0 Å². The van der Waals surface area contributed by atoms with Gasteiger partial charge in [0.25, 0.3) is 0 Å². The van der Waals surface area contributed by atoms with Crippen LogP contribution < -0.4 is 4.90 Å². The Kier molecular flexibility index (Phi) is 4.40. The summed E-state index contributed by atoms with van der Waals surface area (Å²) >= 11 is 0. The highest BCUT2D eigenvalue weighted by Gasteiger charge is 2.28. The summed E-state index contributed by atoms with van der Waals surface area (Å²) in [5.41, 5.74) is 1.02. The van der Waals surface area contributed by atoms with Gasteiger partial charge >= 0.3 is 5.97 Å². The number of nitrogens with zero attached hydrogens (tertiary/aromatic N) is 1. The molecule has 2 rings (SSSR count). The fraction of sp³-hybridized carbons (Fsp3) is 0.533. The maximum absolute atomic E-state index is 12.9. The van der Waals surface area contributed by atoms with E-state index in [9.17, 15) is 9.18 Å². The van der Waals surface area contributed by atoms with Crippen LogP contribution in [0.4, 0.5) is 10.1 Å². The molecule has 0 atom stereocenters. The van der Waals surface area contributed by atoms with E-state index in [0.717, 1.165) is 31.4 Å². The van der Waals surface area contributed by atoms with E-state index in [0.29, 0.717) is 6.04 Å². The molecule has 0 spiro atoms. The molecule has 3 nitrogen and oxygen atoms in total. The van der Waals surface area contributed by atoms with Gasteiger partial charge in [-0.1, -0.05) is 0 Å². The highest BCUT2D eigenvalue weighted by Crippen LogP contribution is 2.30. The van der Waals surface area contributed by atoms with Gasteiger partial charge in [-0.3, -0.25) is 4.79 Å². The van der Waals surface area contributed by atoms with Crippen molar-refractivity contribution in [2.75, 3.05) is 19.1 Å². The topological polar surface area (TPSA) is 29.5 Å². The molecular formula is C15H20FNO2. The normalized spacial score (nSPS) is 22.9. The third-order valence-electron chi connectivity index (χ3n) is 4.01. The van der Waals surface area contributed by atoms with Crippen LogP contribution in [0.25, 0.3) is 0 Å². The molecule has 0 saturated heterocycles. The van der Waals surface area contributed by atoms with Crippen molar-refractivity contribution in [3.63, 3.8) is 0 Å².